The number of esters is 1. The van der Waals surface area contributed by atoms with Crippen LogP contribution >= 0.6 is 0 Å². The number of anilines is 1. The van der Waals surface area contributed by atoms with Gasteiger partial charge in [-0.2, -0.15) is 13.2 Å². The van der Waals surface area contributed by atoms with Crippen molar-refractivity contribution in [2.24, 2.45) is 0 Å². The number of pyridine rings is 1. The van der Waals surface area contributed by atoms with Crippen LogP contribution in [0.5, 0.6) is 0 Å². The number of alkyl halides is 3. The van der Waals surface area contributed by atoms with Crippen molar-refractivity contribution in [1.29, 1.82) is 0 Å². The molecule has 7 nitrogen and oxygen atoms in total. The molecule has 0 spiro atoms. The lowest BCUT2D eigenvalue weighted by molar-refractivity contribution is -0.158. The van der Waals surface area contributed by atoms with E-state index in [0.717, 1.165) is 6.07 Å². The molecular formula is C17H17F3N4O3. The van der Waals surface area contributed by atoms with Gasteiger partial charge in [0.15, 0.2) is 17.6 Å². The summed E-state index contributed by atoms with van der Waals surface area (Å²) >= 11 is 0. The zero-order chi connectivity index (χ0) is 19.6. The van der Waals surface area contributed by atoms with Gasteiger partial charge in [-0.1, -0.05) is 0 Å². The molecule has 0 radical (unpaired) electrons. The minimum Gasteiger partial charge on any atom is -0.467 e. The van der Waals surface area contributed by atoms with Gasteiger partial charge in [0.2, 0.25) is 0 Å². The fourth-order valence-corrected chi connectivity index (χ4v) is 2.77. The van der Waals surface area contributed by atoms with Crippen LogP contribution in [-0.2, 0) is 20.4 Å². The van der Waals surface area contributed by atoms with Crippen molar-refractivity contribution in [2.45, 2.75) is 25.3 Å². The Labute approximate surface area is 153 Å². The first kappa shape index (κ1) is 19.0. The lowest BCUT2D eigenvalue weighted by Crippen LogP contribution is -2.50. The summed E-state index contributed by atoms with van der Waals surface area (Å²) in [5, 5.41) is 0. The number of halogens is 3. The van der Waals surface area contributed by atoms with Crippen molar-refractivity contribution in [3.63, 3.8) is 0 Å². The molecule has 27 heavy (non-hydrogen) atoms. The van der Waals surface area contributed by atoms with Gasteiger partial charge in [0, 0.05) is 30.6 Å². The second kappa shape index (κ2) is 7.47. The minimum absolute atomic E-state index is 0.0289. The summed E-state index contributed by atoms with van der Waals surface area (Å²) in [6.07, 6.45) is -3.05. The molecule has 0 bridgehead atoms. The Balaban J connectivity index is 2.02. The number of morpholine rings is 1. The molecule has 1 saturated heterocycles. The van der Waals surface area contributed by atoms with Crippen LogP contribution in [0.25, 0.3) is 11.4 Å². The fourth-order valence-electron chi connectivity index (χ4n) is 2.77. The van der Waals surface area contributed by atoms with E-state index < -0.39 is 30.0 Å². The highest BCUT2D eigenvalue weighted by Gasteiger charge is 2.36. The molecule has 3 rings (SSSR count). The Kier molecular flexibility index (Phi) is 5.26. The second-order valence-corrected chi connectivity index (χ2v) is 6.03. The summed E-state index contributed by atoms with van der Waals surface area (Å²) in [7, 11) is 1.23. The number of carbonyl (C=O) groups is 1. The van der Waals surface area contributed by atoms with E-state index in [9.17, 15) is 18.0 Å². The number of hydrogen-bond donors (Lipinski definition) is 0. The minimum atomic E-state index is -4.64. The largest absolute Gasteiger partial charge is 0.467 e. The summed E-state index contributed by atoms with van der Waals surface area (Å²) in [4.78, 5) is 25.1. The van der Waals surface area contributed by atoms with Crippen LogP contribution < -0.4 is 4.90 Å². The molecular weight excluding hydrogens is 365 g/mol. The van der Waals surface area contributed by atoms with E-state index in [1.807, 2.05) is 0 Å². The van der Waals surface area contributed by atoms with E-state index in [1.54, 1.807) is 11.8 Å². The zero-order valence-electron chi connectivity index (χ0n) is 14.6. The maximum absolute atomic E-state index is 13.3. The van der Waals surface area contributed by atoms with Gasteiger partial charge in [-0.15, -0.1) is 0 Å². The normalized spacial score (nSPS) is 20.4. The predicted octanol–water partition coefficient (Wildman–Crippen LogP) is 2.32. The van der Waals surface area contributed by atoms with Crippen molar-refractivity contribution >= 4 is 11.8 Å². The van der Waals surface area contributed by atoms with E-state index >= 15 is 0 Å². The highest BCUT2D eigenvalue weighted by molar-refractivity contribution is 5.75. The van der Waals surface area contributed by atoms with E-state index in [0.29, 0.717) is 5.56 Å². The molecule has 2 atom stereocenters. The number of nitrogens with zero attached hydrogens (tertiary/aromatic N) is 4. The SMILES string of the molecule is COC(=O)C1CN(c2cc(C(F)(F)F)nc(-c3ccncc3)n2)C[C@@H](C)O1. The van der Waals surface area contributed by atoms with E-state index in [1.165, 1.54) is 31.6 Å². The standard InChI is InChI=1S/C17H17F3N4O3/c1-10-8-24(9-12(27-10)16(25)26-2)14-7-13(17(18,19)20)22-15(23-14)11-3-5-21-6-4-11/h3-7,10,12H,8-9H2,1-2H3/t10-,12?/m1/s1. The topological polar surface area (TPSA) is 77.4 Å². The highest BCUT2D eigenvalue weighted by atomic mass is 19.4. The first-order chi connectivity index (χ1) is 12.8. The first-order valence-electron chi connectivity index (χ1n) is 8.13. The van der Waals surface area contributed by atoms with Gasteiger partial charge in [-0.3, -0.25) is 4.98 Å². The van der Waals surface area contributed by atoms with E-state index in [4.69, 9.17) is 4.74 Å². The third kappa shape index (κ3) is 4.33. The Morgan fingerprint density at radius 1 is 1.26 bits per heavy atom. The maximum Gasteiger partial charge on any atom is 0.433 e. The lowest BCUT2D eigenvalue weighted by atomic mass is 10.2. The summed E-state index contributed by atoms with van der Waals surface area (Å²) in [6, 6.07) is 3.92. The zero-order valence-corrected chi connectivity index (χ0v) is 14.6. The van der Waals surface area contributed by atoms with Crippen LogP contribution in [0.2, 0.25) is 0 Å². The van der Waals surface area contributed by atoms with Crippen LogP contribution in [-0.4, -0.2) is 53.3 Å². The Morgan fingerprint density at radius 2 is 1.96 bits per heavy atom. The van der Waals surface area contributed by atoms with Gasteiger partial charge in [0.25, 0.3) is 0 Å². The third-order valence-electron chi connectivity index (χ3n) is 3.99. The summed E-state index contributed by atoms with van der Waals surface area (Å²) < 4.78 is 50.2. The summed E-state index contributed by atoms with van der Waals surface area (Å²) in [5.41, 5.74) is -0.656. The Hall–Kier alpha value is -2.75. The molecule has 0 aromatic carbocycles. The smallest absolute Gasteiger partial charge is 0.433 e. The summed E-state index contributed by atoms with van der Waals surface area (Å²) in [6.45, 7) is 2.02. The number of hydrogen-bond acceptors (Lipinski definition) is 7. The van der Waals surface area contributed by atoms with Crippen LogP contribution in [0.15, 0.2) is 30.6 Å². The van der Waals surface area contributed by atoms with Crippen molar-refractivity contribution in [3.8, 4) is 11.4 Å². The average Bonchev–Trinajstić information content (AvgIpc) is 2.66. The third-order valence-corrected chi connectivity index (χ3v) is 3.99. The van der Waals surface area contributed by atoms with Gasteiger partial charge < -0.3 is 14.4 Å². The Bertz CT molecular complexity index is 817. The number of carbonyl (C=O) groups excluding carboxylic acids is 1. The molecule has 0 amide bonds. The van der Waals surface area contributed by atoms with Crippen molar-refractivity contribution in [3.05, 3.63) is 36.3 Å². The number of ether oxygens (including phenoxy) is 2. The molecule has 1 fully saturated rings. The van der Waals surface area contributed by atoms with Gasteiger partial charge in [-0.25, -0.2) is 14.8 Å². The van der Waals surface area contributed by atoms with Gasteiger partial charge in [0.05, 0.1) is 19.8 Å². The van der Waals surface area contributed by atoms with Crippen LogP contribution in [0.1, 0.15) is 12.6 Å². The highest BCUT2D eigenvalue weighted by Crippen LogP contribution is 2.32. The lowest BCUT2D eigenvalue weighted by Gasteiger charge is -2.36. The molecule has 0 N–H and O–H groups in total. The number of methoxy groups -OCH3 is 1. The summed E-state index contributed by atoms with van der Waals surface area (Å²) in [5.74, 6) is -0.602. The molecule has 144 valence electrons. The average molecular weight is 382 g/mol. The van der Waals surface area contributed by atoms with E-state index in [-0.39, 0.29) is 24.7 Å². The molecule has 2 aromatic heterocycles. The molecule has 1 aliphatic heterocycles. The Morgan fingerprint density at radius 3 is 2.59 bits per heavy atom. The van der Waals surface area contributed by atoms with Gasteiger partial charge in [-0.05, 0) is 19.1 Å². The van der Waals surface area contributed by atoms with Crippen LogP contribution in [0.4, 0.5) is 19.0 Å². The molecule has 3 heterocycles. The van der Waals surface area contributed by atoms with Crippen molar-refractivity contribution < 1.29 is 27.4 Å². The van der Waals surface area contributed by atoms with Gasteiger partial charge >= 0.3 is 12.1 Å². The van der Waals surface area contributed by atoms with Gasteiger partial charge in [0.1, 0.15) is 5.82 Å². The van der Waals surface area contributed by atoms with Crippen molar-refractivity contribution in [2.75, 3.05) is 25.1 Å². The molecule has 10 heteroatoms. The molecule has 1 unspecified atom stereocenters. The molecule has 0 aliphatic carbocycles. The predicted molar refractivity (Wildman–Crippen MR) is 88.8 cm³/mol. The second-order valence-electron chi connectivity index (χ2n) is 6.03. The quantitative estimate of drug-likeness (QED) is 0.754. The van der Waals surface area contributed by atoms with Crippen molar-refractivity contribution in [1.82, 2.24) is 15.0 Å². The van der Waals surface area contributed by atoms with Crippen LogP contribution in [0, 0.1) is 0 Å². The number of aromatic nitrogens is 3. The fraction of sp³-hybridized carbons (Fsp3) is 0.412. The monoisotopic (exact) mass is 382 g/mol. The molecule has 1 aliphatic rings. The maximum atomic E-state index is 13.3. The first-order valence-corrected chi connectivity index (χ1v) is 8.13. The molecule has 0 saturated carbocycles. The van der Waals surface area contributed by atoms with E-state index in [2.05, 4.69) is 19.7 Å². The molecule has 2 aromatic rings. The number of rotatable bonds is 3. The van der Waals surface area contributed by atoms with Crippen LogP contribution in [0.3, 0.4) is 0 Å².